The number of halogens is 1. The Morgan fingerprint density at radius 2 is 2.50 bits per heavy atom. The third-order valence-electron chi connectivity index (χ3n) is 1.67. The molecule has 0 radical (unpaired) electrons. The highest BCUT2D eigenvalue weighted by Gasteiger charge is 2.05. The van der Waals surface area contributed by atoms with Crippen molar-refractivity contribution in [2.24, 2.45) is 0 Å². The number of aromatic amines is 1. The van der Waals surface area contributed by atoms with Crippen LogP contribution in [0.4, 0.5) is 0 Å². The first kappa shape index (κ1) is 8.01. The van der Waals surface area contributed by atoms with Gasteiger partial charge in [-0.2, -0.15) is 16.4 Å². The van der Waals surface area contributed by atoms with E-state index in [1.54, 1.807) is 11.3 Å². The summed E-state index contributed by atoms with van der Waals surface area (Å²) in [5.74, 6) is 0. The van der Waals surface area contributed by atoms with Gasteiger partial charge in [0.25, 0.3) is 0 Å². The summed E-state index contributed by atoms with van der Waals surface area (Å²) in [5, 5.41) is 12.0. The summed E-state index contributed by atoms with van der Waals surface area (Å²) in [7, 11) is 0. The fraction of sp³-hybridized carbons (Fsp3) is 0.125. The van der Waals surface area contributed by atoms with E-state index in [-0.39, 0.29) is 0 Å². The number of alkyl halides is 1. The summed E-state index contributed by atoms with van der Waals surface area (Å²) in [6, 6.07) is 2.09. The first-order valence-corrected chi connectivity index (χ1v) is 5.59. The summed E-state index contributed by atoms with van der Waals surface area (Å²) in [4.78, 5) is 0. The van der Waals surface area contributed by atoms with E-state index in [2.05, 4.69) is 43.0 Å². The minimum atomic E-state index is 0.842. The topological polar surface area (TPSA) is 28.7 Å². The second kappa shape index (κ2) is 3.41. The molecule has 0 bridgehead atoms. The maximum Gasteiger partial charge on any atom is 0.0699 e. The summed E-state index contributed by atoms with van der Waals surface area (Å²) in [6.45, 7) is 0. The van der Waals surface area contributed by atoms with Crippen LogP contribution in [0.25, 0.3) is 11.3 Å². The molecule has 0 aromatic carbocycles. The molecule has 2 nitrogen and oxygen atoms in total. The maximum absolute atomic E-state index is 4.00. The molecule has 0 saturated carbocycles. The highest BCUT2D eigenvalue weighted by molar-refractivity contribution is 9.08. The molecular weight excluding hydrogens is 236 g/mol. The Bertz CT molecular complexity index is 353. The van der Waals surface area contributed by atoms with Gasteiger partial charge in [-0.05, 0) is 11.4 Å². The molecular formula is C8H7BrN2S. The molecule has 12 heavy (non-hydrogen) atoms. The van der Waals surface area contributed by atoms with Crippen LogP contribution in [0.15, 0.2) is 23.0 Å². The Kier molecular flexibility index (Phi) is 2.28. The molecule has 4 heteroatoms. The number of thiophene rings is 1. The number of nitrogens with one attached hydrogen (secondary N) is 1. The minimum Gasteiger partial charge on any atom is -0.277 e. The highest BCUT2D eigenvalue weighted by Crippen LogP contribution is 2.24. The van der Waals surface area contributed by atoms with Crippen molar-refractivity contribution >= 4 is 27.3 Å². The number of H-pyrrole nitrogens is 1. The molecule has 1 N–H and O–H groups in total. The van der Waals surface area contributed by atoms with E-state index in [9.17, 15) is 0 Å². The van der Waals surface area contributed by atoms with E-state index >= 15 is 0 Å². The molecule has 2 heterocycles. The summed E-state index contributed by atoms with van der Waals surface area (Å²) in [6.07, 6.45) is 1.85. The van der Waals surface area contributed by atoms with Crippen molar-refractivity contribution in [2.45, 2.75) is 5.33 Å². The molecule has 0 aliphatic carbocycles. The highest BCUT2D eigenvalue weighted by atomic mass is 79.9. The molecule has 0 aliphatic heterocycles. The van der Waals surface area contributed by atoms with Gasteiger partial charge in [0.05, 0.1) is 11.9 Å². The monoisotopic (exact) mass is 242 g/mol. The van der Waals surface area contributed by atoms with E-state index in [1.165, 1.54) is 11.1 Å². The molecule has 0 amide bonds. The number of nitrogens with zero attached hydrogens (tertiary/aromatic N) is 1. The zero-order valence-electron chi connectivity index (χ0n) is 6.25. The van der Waals surface area contributed by atoms with Gasteiger partial charge in [0.1, 0.15) is 0 Å². The Morgan fingerprint density at radius 3 is 3.17 bits per heavy atom. The zero-order chi connectivity index (χ0) is 8.39. The maximum atomic E-state index is 4.00. The molecule has 2 aromatic heterocycles. The van der Waals surface area contributed by atoms with Crippen molar-refractivity contribution < 1.29 is 0 Å². The molecule has 0 aliphatic rings. The van der Waals surface area contributed by atoms with Crippen LogP contribution in [0.5, 0.6) is 0 Å². The van der Waals surface area contributed by atoms with Gasteiger partial charge in [-0.1, -0.05) is 15.9 Å². The number of aromatic nitrogens is 2. The van der Waals surface area contributed by atoms with Gasteiger partial charge in [-0.3, -0.25) is 5.10 Å². The average molecular weight is 243 g/mol. The Hall–Kier alpha value is -0.610. The third-order valence-corrected chi connectivity index (χ3v) is 2.96. The normalized spacial score (nSPS) is 10.4. The quantitative estimate of drug-likeness (QED) is 0.807. The first-order valence-electron chi connectivity index (χ1n) is 3.52. The molecule has 62 valence electrons. The van der Waals surface area contributed by atoms with Crippen LogP contribution in [-0.2, 0) is 5.33 Å². The van der Waals surface area contributed by atoms with Crippen molar-refractivity contribution in [3.05, 3.63) is 28.6 Å². The van der Waals surface area contributed by atoms with E-state index in [4.69, 9.17) is 0 Å². The summed E-state index contributed by atoms with van der Waals surface area (Å²) in [5.41, 5.74) is 3.54. The average Bonchev–Trinajstić information content (AvgIpc) is 2.74. The molecule has 0 fully saturated rings. The Balaban J connectivity index is 2.46. The molecule has 2 aromatic rings. The predicted octanol–water partition coefficient (Wildman–Crippen LogP) is 3.03. The minimum absolute atomic E-state index is 0.842. The van der Waals surface area contributed by atoms with Crippen molar-refractivity contribution in [2.75, 3.05) is 0 Å². The van der Waals surface area contributed by atoms with Crippen LogP contribution >= 0.6 is 27.3 Å². The van der Waals surface area contributed by atoms with Crippen LogP contribution in [-0.4, -0.2) is 10.2 Å². The lowest BCUT2D eigenvalue weighted by molar-refractivity contribution is 1.10. The van der Waals surface area contributed by atoms with Crippen molar-refractivity contribution in [3.8, 4) is 11.3 Å². The van der Waals surface area contributed by atoms with Gasteiger partial charge in [-0.15, -0.1) is 0 Å². The lowest BCUT2D eigenvalue weighted by Gasteiger charge is -1.94. The first-order chi connectivity index (χ1) is 5.92. The van der Waals surface area contributed by atoms with Crippen LogP contribution in [0.2, 0.25) is 0 Å². The van der Waals surface area contributed by atoms with Gasteiger partial charge >= 0.3 is 0 Å². The van der Waals surface area contributed by atoms with Gasteiger partial charge in [0, 0.05) is 21.8 Å². The fourth-order valence-electron chi connectivity index (χ4n) is 1.07. The Labute approximate surface area is 82.8 Å². The van der Waals surface area contributed by atoms with Crippen molar-refractivity contribution in [1.82, 2.24) is 10.2 Å². The summed E-state index contributed by atoms with van der Waals surface area (Å²) < 4.78 is 0. The van der Waals surface area contributed by atoms with Crippen LogP contribution in [0.3, 0.4) is 0 Å². The lowest BCUT2D eigenvalue weighted by atomic mass is 10.2. The smallest absolute Gasteiger partial charge is 0.0699 e. The summed E-state index contributed by atoms with van der Waals surface area (Å²) >= 11 is 5.11. The Morgan fingerprint density at radius 1 is 1.58 bits per heavy atom. The molecule has 0 spiro atoms. The second-order valence-electron chi connectivity index (χ2n) is 2.42. The predicted molar refractivity (Wildman–Crippen MR) is 54.5 cm³/mol. The van der Waals surface area contributed by atoms with Crippen LogP contribution in [0.1, 0.15) is 5.56 Å². The fourth-order valence-corrected chi connectivity index (χ4v) is 2.14. The molecule has 2 rings (SSSR count). The number of hydrogen-bond donors (Lipinski definition) is 1. The van der Waals surface area contributed by atoms with Crippen molar-refractivity contribution in [3.63, 3.8) is 0 Å². The van der Waals surface area contributed by atoms with Crippen LogP contribution < -0.4 is 0 Å². The van der Waals surface area contributed by atoms with E-state index in [0.717, 1.165) is 11.0 Å². The molecule has 0 atom stereocenters. The standard InChI is InChI=1S/C8H7BrN2S/c9-3-7-4-10-11-8(7)6-1-2-12-5-6/h1-2,4-5H,3H2,(H,10,11). The molecule has 0 unspecified atom stereocenters. The lowest BCUT2D eigenvalue weighted by Crippen LogP contribution is -1.79. The largest absolute Gasteiger partial charge is 0.277 e. The van der Waals surface area contributed by atoms with E-state index in [0.29, 0.717) is 0 Å². The SMILES string of the molecule is BrCc1cn[nH]c1-c1ccsc1. The zero-order valence-corrected chi connectivity index (χ0v) is 8.65. The number of hydrogen-bond acceptors (Lipinski definition) is 2. The van der Waals surface area contributed by atoms with E-state index < -0.39 is 0 Å². The third kappa shape index (κ3) is 1.32. The second-order valence-corrected chi connectivity index (χ2v) is 3.76. The number of rotatable bonds is 2. The van der Waals surface area contributed by atoms with Gasteiger partial charge < -0.3 is 0 Å². The molecule has 0 saturated heterocycles. The van der Waals surface area contributed by atoms with Gasteiger partial charge in [-0.25, -0.2) is 0 Å². The van der Waals surface area contributed by atoms with Crippen LogP contribution in [0, 0.1) is 0 Å². The van der Waals surface area contributed by atoms with Gasteiger partial charge in [0.15, 0.2) is 0 Å². The van der Waals surface area contributed by atoms with Gasteiger partial charge in [0.2, 0.25) is 0 Å². The van der Waals surface area contributed by atoms with Crippen molar-refractivity contribution in [1.29, 1.82) is 0 Å². The van der Waals surface area contributed by atoms with E-state index in [1.807, 2.05) is 6.20 Å².